The second-order valence-electron chi connectivity index (χ2n) is 6.62. The molecule has 0 aliphatic rings. The van der Waals surface area contributed by atoms with Crippen LogP contribution in [-0.4, -0.2) is 25.0 Å². The molecule has 0 aliphatic heterocycles. The highest BCUT2D eigenvalue weighted by atomic mass is 16.5. The van der Waals surface area contributed by atoms with Crippen LogP contribution in [0.2, 0.25) is 0 Å². The number of amides is 2. The topological polar surface area (TPSA) is 92.6 Å². The van der Waals surface area contributed by atoms with Gasteiger partial charge in [-0.05, 0) is 48.9 Å². The summed E-state index contributed by atoms with van der Waals surface area (Å²) in [5, 5.41) is 8.65. The fourth-order valence-electron chi connectivity index (χ4n) is 2.72. The zero-order chi connectivity index (χ0) is 21.2. The minimum atomic E-state index is -0.246. The third-order valence-corrected chi connectivity index (χ3v) is 4.17. The highest BCUT2D eigenvalue weighted by molar-refractivity contribution is 5.98. The Labute approximate surface area is 175 Å². The molecular weight excluding hydrogens is 382 g/mol. The zero-order valence-electron chi connectivity index (χ0n) is 16.8. The lowest BCUT2D eigenvalue weighted by Gasteiger charge is -2.11. The summed E-state index contributed by atoms with van der Waals surface area (Å²) in [6.45, 7) is 3.08. The van der Waals surface area contributed by atoms with E-state index in [1.54, 1.807) is 42.7 Å². The average Bonchev–Trinajstić information content (AvgIpc) is 3.29. The van der Waals surface area contributed by atoms with Gasteiger partial charge in [0.1, 0.15) is 11.5 Å². The lowest BCUT2D eigenvalue weighted by Crippen LogP contribution is -2.24. The van der Waals surface area contributed by atoms with Gasteiger partial charge >= 0.3 is 0 Å². The number of hydrogen-bond acceptors (Lipinski definition) is 5. The summed E-state index contributed by atoms with van der Waals surface area (Å²) in [4.78, 5) is 24.6. The van der Waals surface area contributed by atoms with E-state index in [1.807, 2.05) is 31.2 Å². The second kappa shape index (κ2) is 10.7. The van der Waals surface area contributed by atoms with E-state index < -0.39 is 0 Å². The van der Waals surface area contributed by atoms with Gasteiger partial charge in [-0.15, -0.1) is 0 Å². The molecule has 1 aromatic heterocycles. The van der Waals surface area contributed by atoms with E-state index in [-0.39, 0.29) is 18.4 Å². The SMILES string of the molecule is CCCOc1cccc(NCC(=O)Nc2cccc(C(=O)NCc3ccco3)c2)c1. The standard InChI is InChI=1S/C23H25N3O4/c1-2-11-29-20-9-4-7-18(14-20)24-16-22(27)26-19-8-3-6-17(13-19)23(28)25-15-21-10-5-12-30-21/h3-10,12-14,24H,2,11,15-16H2,1H3,(H,25,28)(H,26,27). The maximum atomic E-state index is 12.3. The number of anilines is 2. The largest absolute Gasteiger partial charge is 0.494 e. The normalized spacial score (nSPS) is 10.3. The summed E-state index contributed by atoms with van der Waals surface area (Å²) in [6.07, 6.45) is 2.49. The van der Waals surface area contributed by atoms with Crippen LogP contribution >= 0.6 is 0 Å². The predicted octanol–water partition coefficient (Wildman–Crippen LogP) is 4.05. The minimum absolute atomic E-state index is 0.0894. The van der Waals surface area contributed by atoms with E-state index in [4.69, 9.17) is 9.15 Å². The van der Waals surface area contributed by atoms with Gasteiger partial charge in [0.15, 0.2) is 0 Å². The number of nitrogens with one attached hydrogen (secondary N) is 3. The molecule has 7 nitrogen and oxygen atoms in total. The van der Waals surface area contributed by atoms with Gasteiger partial charge in [-0.3, -0.25) is 9.59 Å². The van der Waals surface area contributed by atoms with Crippen molar-refractivity contribution >= 4 is 23.2 Å². The van der Waals surface area contributed by atoms with E-state index in [1.165, 1.54) is 0 Å². The van der Waals surface area contributed by atoms with Crippen molar-refractivity contribution in [1.82, 2.24) is 5.32 Å². The van der Waals surface area contributed by atoms with Crippen LogP contribution in [0.15, 0.2) is 71.3 Å². The van der Waals surface area contributed by atoms with Gasteiger partial charge in [0.05, 0.1) is 26.0 Å². The number of carbonyl (C=O) groups is 2. The molecular formula is C23H25N3O4. The zero-order valence-corrected chi connectivity index (χ0v) is 16.8. The Bertz CT molecular complexity index is 970. The molecule has 0 bridgehead atoms. The molecule has 0 atom stereocenters. The van der Waals surface area contributed by atoms with Crippen LogP contribution in [0.1, 0.15) is 29.5 Å². The predicted molar refractivity (Wildman–Crippen MR) is 116 cm³/mol. The summed E-state index contributed by atoms with van der Waals surface area (Å²) in [7, 11) is 0. The van der Waals surface area contributed by atoms with E-state index in [0.717, 1.165) is 17.9 Å². The Morgan fingerprint density at radius 2 is 1.83 bits per heavy atom. The Kier molecular flexibility index (Phi) is 7.49. The third-order valence-electron chi connectivity index (χ3n) is 4.17. The molecule has 0 saturated heterocycles. The first-order chi connectivity index (χ1) is 14.6. The molecule has 156 valence electrons. The van der Waals surface area contributed by atoms with E-state index in [9.17, 15) is 9.59 Å². The molecule has 1 heterocycles. The lowest BCUT2D eigenvalue weighted by molar-refractivity contribution is -0.114. The van der Waals surface area contributed by atoms with Crippen LogP contribution in [0, 0.1) is 0 Å². The summed E-state index contributed by atoms with van der Waals surface area (Å²) in [5.41, 5.74) is 1.80. The van der Waals surface area contributed by atoms with Crippen molar-refractivity contribution in [2.45, 2.75) is 19.9 Å². The first kappa shape index (κ1) is 21.0. The van der Waals surface area contributed by atoms with Crippen molar-refractivity contribution in [2.24, 2.45) is 0 Å². The Balaban J connectivity index is 1.50. The van der Waals surface area contributed by atoms with Crippen LogP contribution in [0.3, 0.4) is 0 Å². The van der Waals surface area contributed by atoms with Crippen molar-refractivity contribution in [3.05, 3.63) is 78.3 Å². The molecule has 7 heteroatoms. The number of furan rings is 1. The molecule has 0 radical (unpaired) electrons. The Morgan fingerprint density at radius 3 is 2.63 bits per heavy atom. The maximum Gasteiger partial charge on any atom is 0.251 e. The van der Waals surface area contributed by atoms with Crippen LogP contribution < -0.4 is 20.7 Å². The number of hydrogen-bond donors (Lipinski definition) is 3. The van der Waals surface area contributed by atoms with Crippen LogP contribution in [0.25, 0.3) is 0 Å². The molecule has 30 heavy (non-hydrogen) atoms. The van der Waals surface area contributed by atoms with E-state index in [0.29, 0.717) is 30.2 Å². The summed E-state index contributed by atoms with van der Waals surface area (Å²) in [6, 6.07) is 17.8. The molecule has 0 fully saturated rings. The van der Waals surface area contributed by atoms with Crippen molar-refractivity contribution in [3.8, 4) is 5.75 Å². The minimum Gasteiger partial charge on any atom is -0.494 e. The van der Waals surface area contributed by atoms with Gasteiger partial charge < -0.3 is 25.1 Å². The van der Waals surface area contributed by atoms with Gasteiger partial charge in [-0.2, -0.15) is 0 Å². The Hall–Kier alpha value is -3.74. The average molecular weight is 407 g/mol. The molecule has 0 spiro atoms. The van der Waals surface area contributed by atoms with Crippen LogP contribution in [-0.2, 0) is 11.3 Å². The van der Waals surface area contributed by atoms with Gasteiger partial charge in [0.2, 0.25) is 5.91 Å². The van der Waals surface area contributed by atoms with E-state index in [2.05, 4.69) is 16.0 Å². The monoisotopic (exact) mass is 407 g/mol. The number of carbonyl (C=O) groups excluding carboxylic acids is 2. The molecule has 2 amide bonds. The number of ether oxygens (including phenoxy) is 1. The summed E-state index contributed by atoms with van der Waals surface area (Å²) >= 11 is 0. The van der Waals surface area contributed by atoms with Gasteiger partial charge in [-0.1, -0.05) is 19.1 Å². The third kappa shape index (κ3) is 6.41. The summed E-state index contributed by atoms with van der Waals surface area (Å²) < 4.78 is 10.8. The van der Waals surface area contributed by atoms with Crippen LogP contribution in [0.4, 0.5) is 11.4 Å². The first-order valence-corrected chi connectivity index (χ1v) is 9.81. The molecule has 2 aromatic carbocycles. The van der Waals surface area contributed by atoms with Crippen molar-refractivity contribution in [3.63, 3.8) is 0 Å². The molecule has 0 unspecified atom stereocenters. The molecule has 3 aromatic rings. The fourth-order valence-corrected chi connectivity index (χ4v) is 2.72. The van der Waals surface area contributed by atoms with Crippen molar-refractivity contribution in [2.75, 3.05) is 23.8 Å². The highest BCUT2D eigenvalue weighted by Crippen LogP contribution is 2.17. The van der Waals surface area contributed by atoms with Gasteiger partial charge in [0.25, 0.3) is 5.91 Å². The quantitative estimate of drug-likeness (QED) is 0.472. The molecule has 0 aliphatic carbocycles. The highest BCUT2D eigenvalue weighted by Gasteiger charge is 2.09. The summed E-state index contributed by atoms with van der Waals surface area (Å²) in [5.74, 6) is 0.964. The van der Waals surface area contributed by atoms with Gasteiger partial charge in [0, 0.05) is 23.0 Å². The second-order valence-corrected chi connectivity index (χ2v) is 6.62. The van der Waals surface area contributed by atoms with E-state index >= 15 is 0 Å². The molecule has 3 rings (SSSR count). The van der Waals surface area contributed by atoms with Crippen molar-refractivity contribution in [1.29, 1.82) is 0 Å². The fraction of sp³-hybridized carbons (Fsp3) is 0.217. The number of benzene rings is 2. The number of rotatable bonds is 10. The Morgan fingerprint density at radius 1 is 1.00 bits per heavy atom. The maximum absolute atomic E-state index is 12.3. The smallest absolute Gasteiger partial charge is 0.251 e. The molecule has 3 N–H and O–H groups in total. The molecule has 0 saturated carbocycles. The lowest BCUT2D eigenvalue weighted by atomic mass is 10.2. The van der Waals surface area contributed by atoms with Crippen molar-refractivity contribution < 1.29 is 18.7 Å². The van der Waals surface area contributed by atoms with Crippen LogP contribution in [0.5, 0.6) is 5.75 Å². The first-order valence-electron chi connectivity index (χ1n) is 9.81. The van der Waals surface area contributed by atoms with Gasteiger partial charge in [-0.25, -0.2) is 0 Å².